The number of amides is 2. The van der Waals surface area contributed by atoms with Gasteiger partial charge in [-0.2, -0.15) is 13.2 Å². The van der Waals surface area contributed by atoms with Gasteiger partial charge >= 0.3 is 6.18 Å². The quantitative estimate of drug-likeness (QED) is 0.428. The summed E-state index contributed by atoms with van der Waals surface area (Å²) < 4.78 is 39.7. The highest BCUT2D eigenvalue weighted by molar-refractivity contribution is 8.01. The molecule has 1 saturated heterocycles. The molecule has 0 spiro atoms. The summed E-state index contributed by atoms with van der Waals surface area (Å²) in [6, 6.07) is 12.8. The fraction of sp³-hybridized carbons (Fsp3) is 0.320. The van der Waals surface area contributed by atoms with Crippen molar-refractivity contribution >= 4 is 46.3 Å². The van der Waals surface area contributed by atoms with E-state index >= 15 is 0 Å². The van der Waals surface area contributed by atoms with Crippen molar-refractivity contribution in [1.29, 1.82) is 0 Å². The summed E-state index contributed by atoms with van der Waals surface area (Å²) in [4.78, 5) is 33.0. The van der Waals surface area contributed by atoms with Gasteiger partial charge in [-0.3, -0.25) is 9.59 Å². The van der Waals surface area contributed by atoms with E-state index in [1.807, 2.05) is 41.5 Å². The lowest BCUT2D eigenvalue weighted by molar-refractivity contribution is -0.137. The van der Waals surface area contributed by atoms with Crippen LogP contribution in [0.4, 0.5) is 24.5 Å². The third kappa shape index (κ3) is 7.01. The Labute approximate surface area is 215 Å². The predicted molar refractivity (Wildman–Crippen MR) is 137 cm³/mol. The molecule has 1 fully saturated rings. The number of anilines is 2. The number of alkyl halides is 3. The molecule has 3 aromatic rings. The highest BCUT2D eigenvalue weighted by Crippen LogP contribution is 2.32. The summed E-state index contributed by atoms with van der Waals surface area (Å²) >= 11 is 2.71. The number of aryl methyl sites for hydroxylation is 1. The number of carbonyl (C=O) groups is 2. The first-order chi connectivity index (χ1) is 17.2. The van der Waals surface area contributed by atoms with E-state index in [1.165, 1.54) is 29.2 Å². The van der Waals surface area contributed by atoms with E-state index in [0.717, 1.165) is 23.4 Å². The van der Waals surface area contributed by atoms with Crippen LogP contribution < -0.4 is 10.2 Å². The normalized spacial score (nSPS) is 14.1. The molecular weight excluding hydrogens is 509 g/mol. The van der Waals surface area contributed by atoms with Crippen molar-refractivity contribution in [2.24, 2.45) is 0 Å². The fourth-order valence-corrected chi connectivity index (χ4v) is 5.40. The summed E-state index contributed by atoms with van der Waals surface area (Å²) in [6.45, 7) is 3.76. The average molecular weight is 535 g/mol. The number of nitrogens with one attached hydrogen (secondary N) is 1. The Morgan fingerprint density at radius 2 is 1.81 bits per heavy atom. The number of piperazine rings is 1. The molecule has 0 aliphatic carbocycles. The van der Waals surface area contributed by atoms with Gasteiger partial charge < -0.3 is 15.1 Å². The zero-order chi connectivity index (χ0) is 25.7. The maximum Gasteiger partial charge on any atom is 0.416 e. The van der Waals surface area contributed by atoms with E-state index in [9.17, 15) is 22.8 Å². The molecule has 2 aromatic carbocycles. The fourth-order valence-electron chi connectivity index (χ4n) is 3.76. The number of thioether (sulfide) groups is 1. The number of aromatic nitrogens is 1. The monoisotopic (exact) mass is 534 g/mol. The van der Waals surface area contributed by atoms with Crippen molar-refractivity contribution in [3.8, 4) is 0 Å². The van der Waals surface area contributed by atoms with Gasteiger partial charge in [-0.05, 0) is 37.3 Å². The van der Waals surface area contributed by atoms with Gasteiger partial charge in [0.25, 0.3) is 0 Å². The van der Waals surface area contributed by atoms with Crippen LogP contribution in [0, 0.1) is 6.92 Å². The highest BCUT2D eigenvalue weighted by atomic mass is 32.2. The Morgan fingerprint density at radius 1 is 1.08 bits per heavy atom. The van der Waals surface area contributed by atoms with E-state index in [0.29, 0.717) is 41.9 Å². The van der Waals surface area contributed by atoms with Crippen molar-refractivity contribution in [2.45, 2.75) is 23.9 Å². The van der Waals surface area contributed by atoms with Crippen molar-refractivity contribution < 1.29 is 22.8 Å². The van der Waals surface area contributed by atoms with Gasteiger partial charge in [-0.15, -0.1) is 11.3 Å². The summed E-state index contributed by atoms with van der Waals surface area (Å²) in [5.74, 6) is 0.0136. The van der Waals surface area contributed by atoms with E-state index in [-0.39, 0.29) is 24.0 Å². The van der Waals surface area contributed by atoms with Crippen LogP contribution in [0.25, 0.3) is 0 Å². The van der Waals surface area contributed by atoms with E-state index in [1.54, 1.807) is 11.0 Å². The van der Waals surface area contributed by atoms with Crippen molar-refractivity contribution in [2.75, 3.05) is 42.1 Å². The van der Waals surface area contributed by atoms with Crippen LogP contribution in [0.3, 0.4) is 0 Å². The molecule has 190 valence electrons. The number of carbonyl (C=O) groups excluding carboxylic acids is 2. The average Bonchev–Trinajstić information content (AvgIpc) is 3.31. The second-order valence-electron chi connectivity index (χ2n) is 8.40. The standard InChI is InChI=1S/C25H25F3N4O2S2/c1-17-5-7-19(8-6-17)29-22(33)16-36-24-30-20(15-35-24)14-23(34)32-11-9-31(10-12-32)21-4-2-3-18(13-21)25(26,27)28/h2-8,13,15H,9-12,14,16H2,1H3,(H,29,33). The first kappa shape index (κ1) is 26.0. The summed E-state index contributed by atoms with van der Waals surface area (Å²) in [5.41, 5.74) is 2.33. The molecule has 11 heteroatoms. The van der Waals surface area contributed by atoms with Crippen LogP contribution in [0.2, 0.25) is 0 Å². The lowest BCUT2D eigenvalue weighted by Crippen LogP contribution is -2.49. The molecule has 1 aliphatic heterocycles. The number of benzene rings is 2. The van der Waals surface area contributed by atoms with Crippen LogP contribution in [0.5, 0.6) is 0 Å². The lowest BCUT2D eigenvalue weighted by Gasteiger charge is -2.36. The number of rotatable bonds is 7. The molecule has 1 N–H and O–H groups in total. The second-order valence-corrected chi connectivity index (χ2v) is 10.5. The summed E-state index contributed by atoms with van der Waals surface area (Å²) in [7, 11) is 0. The summed E-state index contributed by atoms with van der Waals surface area (Å²) in [6.07, 6.45) is -4.24. The van der Waals surface area contributed by atoms with Gasteiger partial charge in [0.05, 0.1) is 23.4 Å². The molecule has 0 unspecified atom stereocenters. The molecule has 2 amide bonds. The van der Waals surface area contributed by atoms with Crippen molar-refractivity contribution in [3.63, 3.8) is 0 Å². The molecule has 0 bridgehead atoms. The van der Waals surface area contributed by atoms with E-state index in [2.05, 4.69) is 10.3 Å². The molecule has 1 aromatic heterocycles. The van der Waals surface area contributed by atoms with E-state index < -0.39 is 11.7 Å². The van der Waals surface area contributed by atoms with Crippen LogP contribution in [0.1, 0.15) is 16.8 Å². The minimum absolute atomic E-state index is 0.0716. The van der Waals surface area contributed by atoms with Crippen LogP contribution in [-0.4, -0.2) is 53.6 Å². The topological polar surface area (TPSA) is 65.5 Å². The predicted octanol–water partition coefficient (Wildman–Crippen LogP) is 5.09. The summed E-state index contributed by atoms with van der Waals surface area (Å²) in [5, 5.41) is 4.66. The Kier molecular flexibility index (Phi) is 8.20. The zero-order valence-corrected chi connectivity index (χ0v) is 21.2. The van der Waals surface area contributed by atoms with E-state index in [4.69, 9.17) is 0 Å². The molecule has 4 rings (SSSR count). The Bertz CT molecular complexity index is 1210. The van der Waals surface area contributed by atoms with Crippen molar-refractivity contribution in [1.82, 2.24) is 9.88 Å². The van der Waals surface area contributed by atoms with Gasteiger partial charge in [0, 0.05) is 42.9 Å². The SMILES string of the molecule is Cc1ccc(NC(=O)CSc2nc(CC(=O)N3CCN(c4cccc(C(F)(F)F)c4)CC3)cs2)cc1. The number of thiazole rings is 1. The molecular formula is C25H25F3N4O2S2. The Balaban J connectivity index is 1.23. The lowest BCUT2D eigenvalue weighted by atomic mass is 10.1. The maximum absolute atomic E-state index is 13.0. The molecule has 2 heterocycles. The molecule has 6 nitrogen and oxygen atoms in total. The van der Waals surface area contributed by atoms with Crippen LogP contribution in [0.15, 0.2) is 58.3 Å². The van der Waals surface area contributed by atoms with Gasteiger partial charge in [-0.1, -0.05) is 35.5 Å². The minimum atomic E-state index is -4.39. The van der Waals surface area contributed by atoms with Crippen LogP contribution >= 0.6 is 23.1 Å². The smallest absolute Gasteiger partial charge is 0.368 e. The molecule has 1 aliphatic rings. The van der Waals surface area contributed by atoms with Crippen molar-refractivity contribution in [3.05, 3.63) is 70.7 Å². The maximum atomic E-state index is 13.0. The third-order valence-electron chi connectivity index (χ3n) is 5.70. The third-order valence-corrected chi connectivity index (χ3v) is 7.77. The highest BCUT2D eigenvalue weighted by Gasteiger charge is 2.31. The van der Waals surface area contributed by atoms with Gasteiger partial charge in [0.1, 0.15) is 0 Å². The molecule has 0 atom stereocenters. The number of nitrogens with zero attached hydrogens (tertiary/aromatic N) is 3. The van der Waals surface area contributed by atoms with Gasteiger partial charge in [0.2, 0.25) is 11.8 Å². The van der Waals surface area contributed by atoms with Crippen LogP contribution in [-0.2, 0) is 22.2 Å². The minimum Gasteiger partial charge on any atom is -0.368 e. The van der Waals surface area contributed by atoms with Gasteiger partial charge in [0.15, 0.2) is 4.34 Å². The molecule has 0 saturated carbocycles. The second kappa shape index (κ2) is 11.3. The van der Waals surface area contributed by atoms with Gasteiger partial charge in [-0.25, -0.2) is 4.98 Å². The largest absolute Gasteiger partial charge is 0.416 e. The number of halogens is 3. The molecule has 0 radical (unpaired) electrons. The Hall–Kier alpha value is -3.05. The number of hydrogen-bond acceptors (Lipinski definition) is 6. The first-order valence-electron chi connectivity index (χ1n) is 11.3. The zero-order valence-electron chi connectivity index (χ0n) is 19.5. The Morgan fingerprint density at radius 3 is 2.50 bits per heavy atom. The molecule has 36 heavy (non-hydrogen) atoms. The first-order valence-corrected chi connectivity index (χ1v) is 13.2. The number of hydrogen-bond donors (Lipinski definition) is 1.